The Bertz CT molecular complexity index is 362. The lowest BCUT2D eigenvalue weighted by molar-refractivity contribution is 0.247. The van der Waals surface area contributed by atoms with Crippen LogP contribution in [0.2, 0.25) is 0 Å². The molecule has 1 aromatic heterocycles. The molecule has 0 aliphatic rings. The summed E-state index contributed by atoms with van der Waals surface area (Å²) in [5.74, 6) is 0. The van der Waals surface area contributed by atoms with Gasteiger partial charge in [-0.2, -0.15) is 0 Å². The van der Waals surface area contributed by atoms with E-state index in [2.05, 4.69) is 52.9 Å². The van der Waals surface area contributed by atoms with Crippen LogP contribution in [0.25, 0.3) is 0 Å². The van der Waals surface area contributed by atoms with Crippen molar-refractivity contribution in [3.05, 3.63) is 16.2 Å². The van der Waals surface area contributed by atoms with E-state index >= 15 is 0 Å². The maximum atomic E-state index is 4.33. The molecule has 20 heavy (non-hydrogen) atoms. The quantitative estimate of drug-likeness (QED) is 0.328. The van der Waals surface area contributed by atoms with Crippen LogP contribution >= 0.6 is 22.6 Å². The van der Waals surface area contributed by atoms with E-state index in [-0.39, 0.29) is 5.54 Å². The van der Waals surface area contributed by atoms with Crippen LogP contribution < -0.4 is 0 Å². The van der Waals surface area contributed by atoms with Gasteiger partial charge in [-0.15, -0.1) is 0 Å². The molecule has 1 atom stereocenters. The van der Waals surface area contributed by atoms with E-state index in [0.29, 0.717) is 0 Å². The van der Waals surface area contributed by atoms with E-state index in [4.69, 9.17) is 0 Å². The van der Waals surface area contributed by atoms with Crippen LogP contribution in [-0.2, 0) is 5.54 Å². The molecular formula is C17H31IN2. The number of imidazole rings is 1. The molecule has 2 nitrogen and oxygen atoms in total. The summed E-state index contributed by atoms with van der Waals surface area (Å²) in [5.41, 5.74) is 0.258. The Morgan fingerprint density at radius 1 is 1.00 bits per heavy atom. The smallest absolute Gasteiger partial charge is 0.1000 e. The molecule has 1 unspecified atom stereocenters. The first-order chi connectivity index (χ1) is 9.64. The maximum Gasteiger partial charge on any atom is 0.1000 e. The molecule has 0 bridgehead atoms. The summed E-state index contributed by atoms with van der Waals surface area (Å²) in [6.45, 7) is 6.98. The van der Waals surface area contributed by atoms with Crippen molar-refractivity contribution in [1.29, 1.82) is 0 Å². The summed E-state index contributed by atoms with van der Waals surface area (Å²) < 4.78 is 3.68. The summed E-state index contributed by atoms with van der Waals surface area (Å²) in [4.78, 5) is 4.33. The highest BCUT2D eigenvalue weighted by Gasteiger charge is 2.26. The molecule has 0 aliphatic carbocycles. The van der Waals surface area contributed by atoms with Gasteiger partial charge < -0.3 is 4.57 Å². The van der Waals surface area contributed by atoms with Crippen molar-refractivity contribution in [2.24, 2.45) is 0 Å². The van der Waals surface area contributed by atoms with Gasteiger partial charge >= 0.3 is 0 Å². The fourth-order valence-electron chi connectivity index (χ4n) is 2.91. The molecule has 0 fully saturated rings. The highest BCUT2D eigenvalue weighted by Crippen LogP contribution is 2.31. The van der Waals surface area contributed by atoms with Crippen molar-refractivity contribution in [3.63, 3.8) is 0 Å². The maximum absolute atomic E-state index is 4.33. The molecule has 116 valence electrons. The average Bonchev–Trinajstić information content (AvgIpc) is 2.86. The first-order valence-electron chi connectivity index (χ1n) is 8.32. The van der Waals surface area contributed by atoms with Gasteiger partial charge in [-0.25, -0.2) is 4.98 Å². The summed E-state index contributed by atoms with van der Waals surface area (Å²) in [7, 11) is 0. The van der Waals surface area contributed by atoms with Crippen LogP contribution in [0.15, 0.2) is 12.5 Å². The van der Waals surface area contributed by atoms with Gasteiger partial charge in [0.05, 0.1) is 16.2 Å². The molecule has 0 saturated heterocycles. The summed E-state index contributed by atoms with van der Waals surface area (Å²) in [6.07, 6.45) is 17.4. The van der Waals surface area contributed by atoms with Crippen molar-refractivity contribution in [2.75, 3.05) is 0 Å². The van der Waals surface area contributed by atoms with Crippen molar-refractivity contribution >= 4 is 22.6 Å². The zero-order valence-electron chi connectivity index (χ0n) is 13.5. The summed E-state index contributed by atoms with van der Waals surface area (Å²) >= 11 is 2.42. The lowest BCUT2D eigenvalue weighted by atomic mass is 9.88. The number of aromatic nitrogens is 2. The monoisotopic (exact) mass is 390 g/mol. The van der Waals surface area contributed by atoms with Crippen LogP contribution in [0.3, 0.4) is 0 Å². The minimum absolute atomic E-state index is 0.258. The number of halogens is 1. The first kappa shape index (κ1) is 18.0. The first-order valence-corrected chi connectivity index (χ1v) is 9.40. The number of unbranched alkanes of at least 4 members (excludes halogenated alkanes) is 6. The van der Waals surface area contributed by atoms with Gasteiger partial charge in [0.1, 0.15) is 0 Å². The molecule has 1 aromatic rings. The number of hydrogen-bond acceptors (Lipinski definition) is 1. The number of hydrogen-bond donors (Lipinski definition) is 0. The van der Waals surface area contributed by atoms with E-state index in [9.17, 15) is 0 Å². The number of nitrogens with zero attached hydrogens (tertiary/aromatic N) is 2. The van der Waals surface area contributed by atoms with Gasteiger partial charge in [-0.1, -0.05) is 65.2 Å². The Morgan fingerprint density at radius 2 is 1.55 bits per heavy atom. The van der Waals surface area contributed by atoms with E-state index in [0.717, 1.165) is 0 Å². The zero-order valence-corrected chi connectivity index (χ0v) is 15.7. The Balaban J connectivity index is 2.57. The lowest BCUT2D eigenvalue weighted by Crippen LogP contribution is -2.30. The third-order valence-electron chi connectivity index (χ3n) is 4.31. The van der Waals surface area contributed by atoms with E-state index in [1.807, 2.05) is 12.5 Å². The molecule has 0 radical (unpaired) electrons. The van der Waals surface area contributed by atoms with Crippen molar-refractivity contribution < 1.29 is 0 Å². The minimum atomic E-state index is 0.258. The lowest BCUT2D eigenvalue weighted by Gasteiger charge is -2.32. The van der Waals surface area contributed by atoms with Gasteiger partial charge in [-0.05, 0) is 42.4 Å². The second-order valence-electron chi connectivity index (χ2n) is 6.20. The molecule has 0 amide bonds. The van der Waals surface area contributed by atoms with Crippen LogP contribution in [-0.4, -0.2) is 9.55 Å². The molecule has 0 aliphatic heterocycles. The van der Waals surface area contributed by atoms with Gasteiger partial charge in [0.25, 0.3) is 0 Å². The Kier molecular flexibility index (Phi) is 8.82. The second-order valence-corrected chi connectivity index (χ2v) is 7.31. The van der Waals surface area contributed by atoms with Crippen molar-refractivity contribution in [2.45, 2.75) is 90.5 Å². The van der Waals surface area contributed by atoms with Crippen LogP contribution in [0.1, 0.15) is 85.0 Å². The second kappa shape index (κ2) is 9.80. The van der Waals surface area contributed by atoms with Crippen molar-refractivity contribution in [1.82, 2.24) is 9.55 Å². The molecule has 0 saturated carbocycles. The highest BCUT2D eigenvalue weighted by atomic mass is 127. The van der Waals surface area contributed by atoms with Gasteiger partial charge in [0.2, 0.25) is 0 Å². The topological polar surface area (TPSA) is 17.8 Å². The Hall–Kier alpha value is -0.0600. The average molecular weight is 390 g/mol. The number of rotatable bonds is 11. The van der Waals surface area contributed by atoms with Gasteiger partial charge in [-0.3, -0.25) is 0 Å². The van der Waals surface area contributed by atoms with Crippen LogP contribution in [0.4, 0.5) is 0 Å². The SMILES string of the molecule is CCCCCCCC(C)(CCCCC)n1cncc1I. The third-order valence-corrected chi connectivity index (χ3v) is 5.11. The van der Waals surface area contributed by atoms with Crippen LogP contribution in [0.5, 0.6) is 0 Å². The van der Waals surface area contributed by atoms with Crippen LogP contribution in [0, 0.1) is 3.70 Å². The molecule has 1 rings (SSSR count). The standard InChI is InChI=1S/C17H31IN2/c1-4-6-8-9-11-13-17(3,12-10-7-5-2)20-15-19-14-16(20)18/h14-15H,4-13H2,1-3H3. The van der Waals surface area contributed by atoms with Crippen molar-refractivity contribution in [3.8, 4) is 0 Å². The molecule has 3 heteroatoms. The molecular weight excluding hydrogens is 359 g/mol. The van der Waals surface area contributed by atoms with Gasteiger partial charge in [0.15, 0.2) is 0 Å². The van der Waals surface area contributed by atoms with E-state index < -0.39 is 0 Å². The summed E-state index contributed by atoms with van der Waals surface area (Å²) in [5, 5.41) is 0. The minimum Gasteiger partial charge on any atom is -0.320 e. The molecule has 0 aromatic carbocycles. The largest absolute Gasteiger partial charge is 0.320 e. The Labute approximate surface area is 138 Å². The molecule has 1 heterocycles. The molecule has 0 N–H and O–H groups in total. The zero-order chi connectivity index (χ0) is 14.8. The van der Waals surface area contributed by atoms with E-state index in [1.54, 1.807) is 0 Å². The highest BCUT2D eigenvalue weighted by molar-refractivity contribution is 14.1. The summed E-state index contributed by atoms with van der Waals surface area (Å²) in [6, 6.07) is 0. The fourth-order valence-corrected chi connectivity index (χ4v) is 3.77. The molecule has 0 spiro atoms. The normalized spacial score (nSPS) is 14.4. The van der Waals surface area contributed by atoms with E-state index in [1.165, 1.54) is 67.9 Å². The predicted molar refractivity (Wildman–Crippen MR) is 96.1 cm³/mol. The predicted octanol–water partition coefficient (Wildman–Crippen LogP) is 6.14. The Morgan fingerprint density at radius 3 is 2.10 bits per heavy atom. The fraction of sp³-hybridized carbons (Fsp3) is 0.824. The van der Waals surface area contributed by atoms with Gasteiger partial charge in [0, 0.05) is 5.54 Å². The third kappa shape index (κ3) is 5.74.